The van der Waals surface area contributed by atoms with Gasteiger partial charge in [0.1, 0.15) is 5.82 Å². The molecule has 2 aromatic rings. The number of piperidine rings is 1. The summed E-state index contributed by atoms with van der Waals surface area (Å²) < 4.78 is 26.9. The zero-order valence-electron chi connectivity index (χ0n) is 15.7. The monoisotopic (exact) mass is 378 g/mol. The van der Waals surface area contributed by atoms with Crippen LogP contribution in [0.5, 0.6) is 0 Å². The van der Waals surface area contributed by atoms with Crippen molar-refractivity contribution in [3.05, 3.63) is 30.1 Å². The van der Waals surface area contributed by atoms with E-state index in [1.165, 1.54) is 10.6 Å². The van der Waals surface area contributed by atoms with Gasteiger partial charge in [0, 0.05) is 20.1 Å². The minimum atomic E-state index is -3.28. The highest BCUT2D eigenvalue weighted by Crippen LogP contribution is 2.26. The Kier molecular flexibility index (Phi) is 4.83. The van der Waals surface area contributed by atoms with Gasteiger partial charge in [0.05, 0.1) is 28.7 Å². The number of nitrogens with one attached hydrogen (secondary N) is 1. The number of fused-ring (bicyclic) bond motifs is 1. The number of para-hydroxylation sites is 2. The van der Waals surface area contributed by atoms with Gasteiger partial charge in [0.25, 0.3) is 0 Å². The van der Waals surface area contributed by atoms with Crippen molar-refractivity contribution in [1.82, 2.24) is 19.2 Å². The molecule has 1 aliphatic heterocycles. The molecule has 8 heteroatoms. The Balaban J connectivity index is 1.80. The fourth-order valence-corrected chi connectivity index (χ4v) is 4.54. The average molecular weight is 378 g/mol. The fourth-order valence-electron chi connectivity index (χ4n) is 3.63. The Morgan fingerprint density at radius 3 is 2.65 bits per heavy atom. The zero-order valence-corrected chi connectivity index (χ0v) is 16.5. The molecule has 1 amide bonds. The van der Waals surface area contributed by atoms with Gasteiger partial charge in [-0.05, 0) is 38.8 Å². The Morgan fingerprint density at radius 1 is 1.31 bits per heavy atom. The SMILES string of the molecule is Cn1c(C(C)(C)NC(=O)C2CCCN(S(C)(=O)=O)C2)nc2ccccc21. The van der Waals surface area contributed by atoms with Crippen LogP contribution in [0.3, 0.4) is 0 Å². The van der Waals surface area contributed by atoms with Crippen molar-refractivity contribution in [2.24, 2.45) is 13.0 Å². The van der Waals surface area contributed by atoms with Crippen molar-refractivity contribution in [3.8, 4) is 0 Å². The first kappa shape index (κ1) is 18.8. The quantitative estimate of drug-likeness (QED) is 0.876. The number of amides is 1. The van der Waals surface area contributed by atoms with E-state index in [-0.39, 0.29) is 18.4 Å². The molecule has 1 aromatic carbocycles. The summed E-state index contributed by atoms with van der Waals surface area (Å²) in [5.74, 6) is 0.297. The molecule has 0 spiro atoms. The fraction of sp³-hybridized carbons (Fsp3) is 0.556. The van der Waals surface area contributed by atoms with Gasteiger partial charge < -0.3 is 9.88 Å². The lowest BCUT2D eigenvalue weighted by Crippen LogP contribution is -2.50. The predicted octanol–water partition coefficient (Wildman–Crippen LogP) is 1.60. The van der Waals surface area contributed by atoms with E-state index < -0.39 is 15.6 Å². The van der Waals surface area contributed by atoms with Crippen molar-refractivity contribution < 1.29 is 13.2 Å². The average Bonchev–Trinajstić information content (AvgIpc) is 2.92. The first-order valence-corrected chi connectivity index (χ1v) is 10.6. The molecular weight excluding hydrogens is 352 g/mol. The van der Waals surface area contributed by atoms with Crippen LogP contribution in [0, 0.1) is 5.92 Å². The molecule has 26 heavy (non-hydrogen) atoms. The van der Waals surface area contributed by atoms with E-state index in [1.807, 2.05) is 49.7 Å². The summed E-state index contributed by atoms with van der Waals surface area (Å²) in [6, 6.07) is 7.84. The van der Waals surface area contributed by atoms with E-state index >= 15 is 0 Å². The number of hydrogen-bond donors (Lipinski definition) is 1. The van der Waals surface area contributed by atoms with E-state index in [0.717, 1.165) is 16.9 Å². The number of hydrogen-bond acceptors (Lipinski definition) is 4. The third kappa shape index (κ3) is 3.61. The van der Waals surface area contributed by atoms with Crippen LogP contribution in [0.4, 0.5) is 0 Å². The lowest BCUT2D eigenvalue weighted by atomic mass is 9.96. The van der Waals surface area contributed by atoms with Crippen LogP contribution in [-0.4, -0.2) is 47.5 Å². The number of carbonyl (C=O) groups excluding carboxylic acids is 1. The van der Waals surface area contributed by atoms with Gasteiger partial charge in [-0.25, -0.2) is 17.7 Å². The normalized spacial score (nSPS) is 19.6. The van der Waals surface area contributed by atoms with Gasteiger partial charge in [-0.1, -0.05) is 12.1 Å². The molecule has 0 aliphatic carbocycles. The summed E-state index contributed by atoms with van der Waals surface area (Å²) in [5.41, 5.74) is 1.22. The van der Waals surface area contributed by atoms with Crippen molar-refractivity contribution in [1.29, 1.82) is 0 Å². The molecule has 142 valence electrons. The van der Waals surface area contributed by atoms with Gasteiger partial charge in [-0.2, -0.15) is 0 Å². The molecule has 1 fully saturated rings. The van der Waals surface area contributed by atoms with E-state index in [0.29, 0.717) is 19.4 Å². The maximum absolute atomic E-state index is 12.8. The van der Waals surface area contributed by atoms with Crippen LogP contribution >= 0.6 is 0 Å². The van der Waals surface area contributed by atoms with Gasteiger partial charge in [0.15, 0.2) is 0 Å². The summed E-state index contributed by atoms with van der Waals surface area (Å²) >= 11 is 0. The van der Waals surface area contributed by atoms with E-state index in [4.69, 9.17) is 0 Å². The first-order chi connectivity index (χ1) is 12.1. The maximum Gasteiger partial charge on any atom is 0.225 e. The smallest absolute Gasteiger partial charge is 0.225 e. The molecule has 0 radical (unpaired) electrons. The highest BCUT2D eigenvalue weighted by molar-refractivity contribution is 7.88. The number of aromatic nitrogens is 2. The minimum Gasteiger partial charge on any atom is -0.344 e. The van der Waals surface area contributed by atoms with Crippen LogP contribution in [0.25, 0.3) is 11.0 Å². The van der Waals surface area contributed by atoms with E-state index in [2.05, 4.69) is 10.3 Å². The maximum atomic E-state index is 12.8. The van der Waals surface area contributed by atoms with Crippen LogP contribution in [0.15, 0.2) is 24.3 Å². The first-order valence-electron chi connectivity index (χ1n) is 8.78. The van der Waals surface area contributed by atoms with Crippen molar-refractivity contribution in [2.45, 2.75) is 32.2 Å². The van der Waals surface area contributed by atoms with Crippen LogP contribution in [-0.2, 0) is 27.4 Å². The number of imidazole rings is 1. The molecule has 7 nitrogen and oxygen atoms in total. The highest BCUT2D eigenvalue weighted by atomic mass is 32.2. The zero-order chi connectivity index (χ0) is 19.1. The minimum absolute atomic E-state index is 0.129. The number of sulfonamides is 1. The molecule has 1 N–H and O–H groups in total. The molecule has 1 atom stereocenters. The molecular formula is C18H26N4O3S. The molecule has 1 saturated heterocycles. The van der Waals surface area contributed by atoms with Crippen molar-refractivity contribution in [2.75, 3.05) is 19.3 Å². The predicted molar refractivity (Wildman–Crippen MR) is 101 cm³/mol. The topological polar surface area (TPSA) is 84.3 Å². The molecule has 0 bridgehead atoms. The molecule has 1 unspecified atom stereocenters. The molecule has 3 rings (SSSR count). The second-order valence-electron chi connectivity index (χ2n) is 7.56. The number of rotatable bonds is 4. The van der Waals surface area contributed by atoms with Crippen molar-refractivity contribution in [3.63, 3.8) is 0 Å². The van der Waals surface area contributed by atoms with Crippen LogP contribution < -0.4 is 5.32 Å². The summed E-state index contributed by atoms with van der Waals surface area (Å²) in [5, 5.41) is 3.07. The third-order valence-corrected chi connectivity index (χ3v) is 6.28. The summed E-state index contributed by atoms with van der Waals surface area (Å²) in [6.07, 6.45) is 2.57. The van der Waals surface area contributed by atoms with Gasteiger partial charge in [-0.3, -0.25) is 4.79 Å². The van der Waals surface area contributed by atoms with Gasteiger partial charge >= 0.3 is 0 Å². The number of aryl methyl sites for hydroxylation is 1. The lowest BCUT2D eigenvalue weighted by Gasteiger charge is -2.33. The number of carbonyl (C=O) groups is 1. The second kappa shape index (κ2) is 6.66. The largest absolute Gasteiger partial charge is 0.344 e. The van der Waals surface area contributed by atoms with E-state index in [1.54, 1.807) is 0 Å². The molecule has 0 saturated carbocycles. The van der Waals surface area contributed by atoms with Crippen LogP contribution in [0.1, 0.15) is 32.5 Å². The number of benzene rings is 1. The Bertz CT molecular complexity index is 933. The lowest BCUT2D eigenvalue weighted by molar-refractivity contribution is -0.127. The second-order valence-corrected chi connectivity index (χ2v) is 9.54. The van der Waals surface area contributed by atoms with E-state index in [9.17, 15) is 13.2 Å². The van der Waals surface area contributed by atoms with Crippen molar-refractivity contribution >= 4 is 27.0 Å². The molecule has 1 aromatic heterocycles. The Morgan fingerprint density at radius 2 is 2.00 bits per heavy atom. The summed E-state index contributed by atoms with van der Waals surface area (Å²) in [4.78, 5) is 17.5. The molecule has 1 aliphatic rings. The third-order valence-electron chi connectivity index (χ3n) is 5.01. The number of nitrogens with zero attached hydrogens (tertiary/aromatic N) is 3. The summed E-state index contributed by atoms with van der Waals surface area (Å²) in [6.45, 7) is 4.56. The molecule has 2 heterocycles. The van der Waals surface area contributed by atoms with Crippen LogP contribution in [0.2, 0.25) is 0 Å². The van der Waals surface area contributed by atoms with Gasteiger partial charge in [0.2, 0.25) is 15.9 Å². The van der Waals surface area contributed by atoms with Gasteiger partial charge in [-0.15, -0.1) is 0 Å². The summed E-state index contributed by atoms with van der Waals surface area (Å²) in [7, 11) is -1.34. The highest BCUT2D eigenvalue weighted by Gasteiger charge is 2.34. The Hall–Kier alpha value is -1.93. The Labute approximate surface area is 154 Å². The standard InChI is InChI=1S/C18H26N4O3S/c1-18(2,17-19-14-9-5-6-10-15(14)21(17)3)20-16(23)13-8-7-11-22(12-13)26(4,24)25/h5-6,9-10,13H,7-8,11-12H2,1-4H3,(H,20,23).